The molecular weight excluding hydrogens is 336 g/mol. The van der Waals surface area contributed by atoms with E-state index >= 15 is 0 Å². The van der Waals surface area contributed by atoms with E-state index in [1.807, 2.05) is 24.3 Å². The standard InChI is InChI=1S/C22H24N4O/c23-21-20-17(13-15-7-3-1-4-8-15)19(12-11-18(20)25-22(24)26-21)27-14-16-9-5-2-6-10-16/h1-10,17,19H,11-14H2,(H4,23,24,25,26). The zero-order chi connectivity index (χ0) is 18.6. The molecule has 0 radical (unpaired) electrons. The molecule has 0 bridgehead atoms. The van der Waals surface area contributed by atoms with Crippen LogP contribution in [0.25, 0.3) is 0 Å². The molecule has 4 N–H and O–H groups in total. The summed E-state index contributed by atoms with van der Waals surface area (Å²) in [4.78, 5) is 8.67. The van der Waals surface area contributed by atoms with E-state index in [-0.39, 0.29) is 18.0 Å². The number of ether oxygens (including phenoxy) is 1. The summed E-state index contributed by atoms with van der Waals surface area (Å²) in [5.74, 6) is 0.834. The van der Waals surface area contributed by atoms with Crippen LogP contribution in [0.15, 0.2) is 60.7 Å². The number of rotatable bonds is 5. The molecule has 3 aromatic rings. The van der Waals surface area contributed by atoms with Crippen LogP contribution in [0.3, 0.4) is 0 Å². The van der Waals surface area contributed by atoms with Gasteiger partial charge in [0.05, 0.1) is 18.4 Å². The number of nitrogens with two attached hydrogens (primary N) is 2. The lowest BCUT2D eigenvalue weighted by molar-refractivity contribution is 0.0118. The van der Waals surface area contributed by atoms with Crippen molar-refractivity contribution in [2.45, 2.75) is 37.9 Å². The molecule has 0 saturated heterocycles. The molecule has 1 heterocycles. The summed E-state index contributed by atoms with van der Waals surface area (Å²) in [6, 6.07) is 20.7. The van der Waals surface area contributed by atoms with Crippen molar-refractivity contribution in [3.8, 4) is 0 Å². The van der Waals surface area contributed by atoms with E-state index in [9.17, 15) is 0 Å². The highest BCUT2D eigenvalue weighted by Gasteiger charge is 2.34. The Morgan fingerprint density at radius 1 is 0.889 bits per heavy atom. The summed E-state index contributed by atoms with van der Waals surface area (Å²) in [5, 5.41) is 0. The van der Waals surface area contributed by atoms with E-state index in [0.717, 1.165) is 30.5 Å². The zero-order valence-electron chi connectivity index (χ0n) is 15.2. The molecular formula is C22H24N4O. The Labute approximate surface area is 159 Å². The van der Waals surface area contributed by atoms with Gasteiger partial charge in [-0.2, -0.15) is 4.98 Å². The molecule has 1 aliphatic rings. The Hall–Kier alpha value is -2.92. The highest BCUT2D eigenvalue weighted by molar-refractivity contribution is 5.50. The molecule has 1 aliphatic carbocycles. The normalized spacial score (nSPS) is 18.8. The minimum absolute atomic E-state index is 0.0624. The monoisotopic (exact) mass is 360 g/mol. The lowest BCUT2D eigenvalue weighted by Crippen LogP contribution is -2.32. The molecule has 4 rings (SSSR count). The van der Waals surface area contributed by atoms with Gasteiger partial charge in [-0.1, -0.05) is 60.7 Å². The van der Waals surface area contributed by atoms with Gasteiger partial charge in [0, 0.05) is 11.5 Å². The highest BCUT2D eigenvalue weighted by atomic mass is 16.5. The largest absolute Gasteiger partial charge is 0.383 e. The number of benzene rings is 2. The molecule has 2 unspecified atom stereocenters. The molecule has 5 heteroatoms. The van der Waals surface area contributed by atoms with Gasteiger partial charge >= 0.3 is 0 Å². The van der Waals surface area contributed by atoms with Crippen LogP contribution in [0.5, 0.6) is 0 Å². The molecule has 1 aromatic heterocycles. The van der Waals surface area contributed by atoms with Crippen LogP contribution < -0.4 is 11.5 Å². The Kier molecular flexibility index (Phi) is 5.03. The predicted octanol–water partition coefficient (Wildman–Crippen LogP) is 3.50. The van der Waals surface area contributed by atoms with Gasteiger partial charge in [-0.15, -0.1) is 0 Å². The topological polar surface area (TPSA) is 87.0 Å². The first-order valence-corrected chi connectivity index (χ1v) is 9.32. The third-order valence-corrected chi connectivity index (χ3v) is 5.16. The Bertz CT molecular complexity index is 899. The van der Waals surface area contributed by atoms with E-state index in [4.69, 9.17) is 16.2 Å². The van der Waals surface area contributed by atoms with Crippen molar-refractivity contribution in [3.63, 3.8) is 0 Å². The first-order chi connectivity index (χ1) is 13.2. The van der Waals surface area contributed by atoms with Gasteiger partial charge in [-0.05, 0) is 30.4 Å². The smallest absolute Gasteiger partial charge is 0.222 e. The van der Waals surface area contributed by atoms with Gasteiger partial charge in [0.25, 0.3) is 0 Å². The lowest BCUT2D eigenvalue weighted by atomic mass is 9.79. The van der Waals surface area contributed by atoms with Gasteiger partial charge < -0.3 is 16.2 Å². The second-order valence-electron chi connectivity index (χ2n) is 7.00. The fraction of sp³-hybridized carbons (Fsp3) is 0.273. The molecule has 0 saturated carbocycles. The van der Waals surface area contributed by atoms with Crippen molar-refractivity contribution in [2.75, 3.05) is 11.5 Å². The quantitative estimate of drug-likeness (QED) is 0.727. The third-order valence-electron chi connectivity index (χ3n) is 5.16. The van der Waals surface area contributed by atoms with Gasteiger partial charge in [0.1, 0.15) is 5.82 Å². The van der Waals surface area contributed by atoms with E-state index < -0.39 is 0 Å². The molecule has 0 aliphatic heterocycles. The summed E-state index contributed by atoms with van der Waals surface area (Å²) < 4.78 is 6.35. The van der Waals surface area contributed by atoms with E-state index in [2.05, 4.69) is 46.4 Å². The van der Waals surface area contributed by atoms with Crippen molar-refractivity contribution in [1.29, 1.82) is 0 Å². The SMILES string of the molecule is Nc1nc(N)c2c(n1)CCC(OCc1ccccc1)C2Cc1ccccc1. The number of nitrogen functional groups attached to an aromatic ring is 2. The van der Waals surface area contributed by atoms with E-state index in [1.165, 1.54) is 11.1 Å². The van der Waals surface area contributed by atoms with Crippen LogP contribution >= 0.6 is 0 Å². The Balaban J connectivity index is 1.63. The molecule has 2 aromatic carbocycles. The maximum absolute atomic E-state index is 6.35. The van der Waals surface area contributed by atoms with Crippen LogP contribution in [-0.2, 0) is 24.2 Å². The maximum Gasteiger partial charge on any atom is 0.222 e. The number of hydrogen-bond acceptors (Lipinski definition) is 5. The summed E-state index contributed by atoms with van der Waals surface area (Å²) in [6.07, 6.45) is 2.60. The number of nitrogens with zero attached hydrogens (tertiary/aromatic N) is 2. The first-order valence-electron chi connectivity index (χ1n) is 9.32. The lowest BCUT2D eigenvalue weighted by Gasteiger charge is -2.34. The average Bonchev–Trinajstić information content (AvgIpc) is 2.68. The van der Waals surface area contributed by atoms with Gasteiger partial charge in [-0.25, -0.2) is 4.98 Å². The Morgan fingerprint density at radius 2 is 1.56 bits per heavy atom. The predicted molar refractivity (Wildman–Crippen MR) is 107 cm³/mol. The number of fused-ring (bicyclic) bond motifs is 1. The summed E-state index contributed by atoms with van der Waals surface area (Å²) in [6.45, 7) is 0.585. The minimum atomic E-state index is 0.0624. The highest BCUT2D eigenvalue weighted by Crippen LogP contribution is 2.38. The van der Waals surface area contributed by atoms with Crippen molar-refractivity contribution in [1.82, 2.24) is 9.97 Å². The number of hydrogen-bond donors (Lipinski definition) is 2. The van der Waals surface area contributed by atoms with Crippen LogP contribution in [-0.4, -0.2) is 16.1 Å². The molecule has 138 valence electrons. The van der Waals surface area contributed by atoms with Crippen LogP contribution in [0.2, 0.25) is 0 Å². The van der Waals surface area contributed by atoms with Crippen LogP contribution in [0.4, 0.5) is 11.8 Å². The molecule has 0 fully saturated rings. The van der Waals surface area contributed by atoms with Crippen LogP contribution in [0, 0.1) is 0 Å². The maximum atomic E-state index is 6.35. The number of aryl methyl sites for hydroxylation is 1. The fourth-order valence-corrected chi connectivity index (χ4v) is 3.89. The molecule has 2 atom stereocenters. The minimum Gasteiger partial charge on any atom is -0.383 e. The van der Waals surface area contributed by atoms with E-state index in [1.54, 1.807) is 0 Å². The van der Waals surface area contributed by atoms with Gasteiger partial charge in [0.15, 0.2) is 0 Å². The Morgan fingerprint density at radius 3 is 2.26 bits per heavy atom. The van der Waals surface area contributed by atoms with Gasteiger partial charge in [0.2, 0.25) is 5.95 Å². The molecule has 27 heavy (non-hydrogen) atoms. The van der Waals surface area contributed by atoms with Crippen molar-refractivity contribution >= 4 is 11.8 Å². The third kappa shape index (κ3) is 3.93. The zero-order valence-corrected chi connectivity index (χ0v) is 15.2. The van der Waals surface area contributed by atoms with Crippen molar-refractivity contribution in [3.05, 3.63) is 83.0 Å². The second-order valence-corrected chi connectivity index (χ2v) is 7.00. The number of anilines is 2. The molecule has 5 nitrogen and oxygen atoms in total. The van der Waals surface area contributed by atoms with Crippen molar-refractivity contribution in [2.24, 2.45) is 0 Å². The second kappa shape index (κ2) is 7.76. The summed E-state index contributed by atoms with van der Waals surface area (Å²) in [7, 11) is 0. The average molecular weight is 360 g/mol. The summed E-state index contributed by atoms with van der Waals surface area (Å²) >= 11 is 0. The van der Waals surface area contributed by atoms with Crippen molar-refractivity contribution < 1.29 is 4.74 Å². The van der Waals surface area contributed by atoms with Gasteiger partial charge in [-0.3, -0.25) is 0 Å². The number of aromatic nitrogens is 2. The molecule has 0 spiro atoms. The van der Waals surface area contributed by atoms with Crippen LogP contribution in [0.1, 0.15) is 34.7 Å². The first kappa shape index (κ1) is 17.5. The summed E-state index contributed by atoms with van der Waals surface area (Å²) in [5.41, 5.74) is 16.5. The molecule has 0 amide bonds. The fourth-order valence-electron chi connectivity index (χ4n) is 3.89. The van der Waals surface area contributed by atoms with E-state index in [0.29, 0.717) is 12.4 Å².